The molecule has 18 heteroatoms. The number of oxime groups is 2. The summed E-state index contributed by atoms with van der Waals surface area (Å²) in [7, 11) is -4.23. The summed E-state index contributed by atoms with van der Waals surface area (Å²) in [4.78, 5) is 65.3. The van der Waals surface area contributed by atoms with Crippen LogP contribution in [0.2, 0.25) is 0 Å². The zero-order valence-corrected chi connectivity index (χ0v) is 37.5. The van der Waals surface area contributed by atoms with Crippen molar-refractivity contribution in [3.8, 4) is 17.2 Å². The Bertz CT molecular complexity index is 2210. The van der Waals surface area contributed by atoms with E-state index in [1.54, 1.807) is 32.9 Å². The van der Waals surface area contributed by atoms with Gasteiger partial charge in [-0.2, -0.15) is 0 Å². The molecule has 1 aromatic carbocycles. The number of ketones is 2. The molecule has 0 amide bonds. The number of rotatable bonds is 13. The van der Waals surface area contributed by atoms with E-state index in [-0.39, 0.29) is 41.0 Å². The lowest BCUT2D eigenvalue weighted by atomic mass is 9.48. The van der Waals surface area contributed by atoms with Crippen molar-refractivity contribution in [3.05, 3.63) is 57.7 Å². The molecule has 17 nitrogen and oxygen atoms in total. The Kier molecular flexibility index (Phi) is 12.9. The minimum Gasteiger partial charge on any atom is -0.482 e. The van der Waals surface area contributed by atoms with Crippen LogP contribution in [0.25, 0.3) is 6.08 Å². The van der Waals surface area contributed by atoms with Crippen LogP contribution in [0.15, 0.2) is 51.3 Å². The molecule has 1 aromatic rings. The normalized spacial score (nSPS) is 29.8. The number of phosphoric acid groups is 1. The number of carbonyl (C=O) groups is 3. The molecule has 1 saturated carbocycles. The third-order valence-corrected chi connectivity index (χ3v) is 13.2. The van der Waals surface area contributed by atoms with Crippen LogP contribution in [0.1, 0.15) is 110 Å². The van der Waals surface area contributed by atoms with Crippen molar-refractivity contribution in [1.29, 1.82) is 0 Å². The molecule has 8 atom stereocenters. The number of methoxy groups -OCH3 is 1. The molecule has 1 spiro atoms. The molecule has 3 heterocycles. The standard InChI is InChI=1S/C43H59N4O13P/c1-21(2)13-12-18-41(10)19-17-27-33(57-41)26(15-14-22(3)4)34-30(35(27)59-61(53,54)55)32(48)31-28(29(37(44)46-51)38(45)47-52)24(6)36(49)42(20-16-23(5)39(50)56-11)43(31,58-34)25(7)40(8,9)60-42/h13-14,16-17,19,24-25,28-29,31,51-52H,12,15,18,20H2,1-11H3,(H2,44,46)(H2,45,47)(H2,53,54,55)/b23-16-. The highest BCUT2D eigenvalue weighted by molar-refractivity contribution is 7.46. The fourth-order valence-electron chi connectivity index (χ4n) is 9.66. The van der Waals surface area contributed by atoms with E-state index < -0.39 is 94.8 Å². The molecule has 0 radical (unpaired) electrons. The van der Waals surface area contributed by atoms with Crippen LogP contribution in [0, 0.1) is 29.6 Å². The monoisotopic (exact) mass is 870 g/mol. The molecule has 2 fully saturated rings. The predicted molar refractivity (Wildman–Crippen MR) is 226 cm³/mol. The van der Waals surface area contributed by atoms with Gasteiger partial charge >= 0.3 is 13.8 Å². The summed E-state index contributed by atoms with van der Waals surface area (Å²) in [5, 5.41) is 26.5. The number of carbonyl (C=O) groups excluding carboxylic acids is 3. The molecule has 1 saturated heterocycles. The zero-order chi connectivity index (χ0) is 45.8. The average Bonchev–Trinajstić information content (AvgIpc) is 3.34. The number of ether oxygens (including phenoxy) is 4. The first-order valence-electron chi connectivity index (χ1n) is 20.1. The summed E-state index contributed by atoms with van der Waals surface area (Å²) >= 11 is 0. The summed E-state index contributed by atoms with van der Waals surface area (Å²) in [6, 6.07) is 0. The molecule has 1 aliphatic carbocycles. The largest absolute Gasteiger partial charge is 0.524 e. The molecule has 0 aromatic heterocycles. The quantitative estimate of drug-likeness (QED) is 0.0190. The molecule has 334 valence electrons. The van der Waals surface area contributed by atoms with E-state index >= 15 is 9.59 Å². The highest BCUT2D eigenvalue weighted by Crippen LogP contribution is 2.68. The van der Waals surface area contributed by atoms with E-state index in [4.69, 9.17) is 34.9 Å². The molecule has 4 aliphatic rings. The van der Waals surface area contributed by atoms with Crippen molar-refractivity contribution in [3.63, 3.8) is 0 Å². The van der Waals surface area contributed by atoms with Crippen LogP contribution in [0.3, 0.4) is 0 Å². The molecular weight excluding hydrogens is 811 g/mol. The minimum atomic E-state index is -5.44. The number of nitrogens with two attached hydrogens (primary N) is 2. The minimum absolute atomic E-state index is 0.0617. The van der Waals surface area contributed by atoms with Gasteiger partial charge in [0.2, 0.25) is 0 Å². The summed E-state index contributed by atoms with van der Waals surface area (Å²) < 4.78 is 44.5. The van der Waals surface area contributed by atoms with Gasteiger partial charge in [0.1, 0.15) is 34.3 Å². The Morgan fingerprint density at radius 3 is 2.11 bits per heavy atom. The number of Topliss-reactive ketones (excluding diaryl/α,β-unsaturated/α-hetero) is 2. The Morgan fingerprint density at radius 2 is 1.57 bits per heavy atom. The van der Waals surface area contributed by atoms with Crippen LogP contribution in [-0.2, 0) is 30.0 Å². The van der Waals surface area contributed by atoms with Crippen molar-refractivity contribution in [1.82, 2.24) is 0 Å². The second-order valence-electron chi connectivity index (χ2n) is 17.7. The second kappa shape index (κ2) is 16.7. The van der Waals surface area contributed by atoms with Gasteiger partial charge in [-0.05, 0) is 92.7 Å². The van der Waals surface area contributed by atoms with Crippen LogP contribution in [0.4, 0.5) is 0 Å². The third-order valence-electron chi connectivity index (χ3n) is 12.8. The highest BCUT2D eigenvalue weighted by Gasteiger charge is 2.81. The van der Waals surface area contributed by atoms with Crippen molar-refractivity contribution in [2.75, 3.05) is 7.11 Å². The molecule has 61 heavy (non-hydrogen) atoms. The number of hydrogen-bond acceptors (Lipinski definition) is 13. The first-order valence-corrected chi connectivity index (χ1v) is 21.6. The van der Waals surface area contributed by atoms with Gasteiger partial charge in [0.05, 0.1) is 30.1 Å². The van der Waals surface area contributed by atoms with Crippen LogP contribution < -0.4 is 25.5 Å². The predicted octanol–water partition coefficient (Wildman–Crippen LogP) is 6.14. The van der Waals surface area contributed by atoms with Gasteiger partial charge in [0, 0.05) is 29.4 Å². The molecule has 8 N–H and O–H groups in total. The maximum atomic E-state index is 16.1. The Morgan fingerprint density at radius 1 is 0.967 bits per heavy atom. The fraction of sp³-hybridized carbons (Fsp3) is 0.558. The van der Waals surface area contributed by atoms with Gasteiger partial charge in [-0.25, -0.2) is 9.36 Å². The first kappa shape index (κ1) is 47.1. The molecule has 5 rings (SSSR count). The van der Waals surface area contributed by atoms with Crippen LogP contribution in [-0.4, -0.2) is 78.9 Å². The number of benzene rings is 1. The lowest BCUT2D eigenvalue weighted by Crippen LogP contribution is -2.76. The highest BCUT2D eigenvalue weighted by atomic mass is 31.2. The SMILES string of the molecule is COC(=O)/C(C)=C\CC12OC(C)(C)C(C)C13Oc1c(CC=C(C)C)c4c(c(OP(=O)(O)O)c1C(=O)C3C(C(/C(N)=N/O)/C(N)=N\O)C(C)C2=O)C=CC(C)(CCC=C(C)C)O4. The smallest absolute Gasteiger partial charge is 0.482 e. The van der Waals surface area contributed by atoms with Crippen molar-refractivity contribution in [2.24, 2.45) is 51.4 Å². The number of phosphoric ester groups is 1. The lowest BCUT2D eigenvalue weighted by Gasteiger charge is -2.59. The number of hydrogen-bond donors (Lipinski definition) is 6. The van der Waals surface area contributed by atoms with Crippen LogP contribution >= 0.6 is 7.82 Å². The van der Waals surface area contributed by atoms with Gasteiger partial charge in [-0.1, -0.05) is 53.5 Å². The molecule has 8 unspecified atom stereocenters. The fourth-order valence-corrected chi connectivity index (χ4v) is 10.1. The molecule has 0 bridgehead atoms. The maximum absolute atomic E-state index is 16.1. The number of fused-ring (bicyclic) bond motifs is 2. The lowest BCUT2D eigenvalue weighted by molar-refractivity contribution is -0.199. The van der Waals surface area contributed by atoms with Gasteiger partial charge in [0.25, 0.3) is 0 Å². The maximum Gasteiger partial charge on any atom is 0.524 e. The van der Waals surface area contributed by atoms with E-state index in [1.165, 1.54) is 27.0 Å². The summed E-state index contributed by atoms with van der Waals surface area (Å²) in [6.07, 6.45) is 9.66. The Balaban J connectivity index is 2.01. The van der Waals surface area contributed by atoms with E-state index in [0.717, 1.165) is 11.1 Å². The first-order chi connectivity index (χ1) is 28.3. The van der Waals surface area contributed by atoms with Crippen LogP contribution in [0.5, 0.6) is 17.2 Å². The summed E-state index contributed by atoms with van der Waals surface area (Å²) in [5.41, 5.74) is 8.38. The summed E-state index contributed by atoms with van der Waals surface area (Å²) in [5.74, 6) is -10.6. The van der Waals surface area contributed by atoms with Crippen molar-refractivity contribution >= 4 is 43.1 Å². The van der Waals surface area contributed by atoms with E-state index in [1.807, 2.05) is 40.7 Å². The summed E-state index contributed by atoms with van der Waals surface area (Å²) in [6.45, 7) is 17.8. The zero-order valence-electron chi connectivity index (χ0n) is 36.6. The number of esters is 1. The van der Waals surface area contributed by atoms with Crippen molar-refractivity contribution < 1.29 is 62.6 Å². The molecule has 3 aliphatic heterocycles. The van der Waals surface area contributed by atoms with E-state index in [0.29, 0.717) is 18.4 Å². The van der Waals surface area contributed by atoms with Gasteiger partial charge < -0.3 is 45.4 Å². The van der Waals surface area contributed by atoms with Gasteiger partial charge in [0.15, 0.2) is 28.5 Å². The van der Waals surface area contributed by atoms with Gasteiger partial charge in [-0.15, -0.1) is 0 Å². The Labute approximate surface area is 355 Å². The van der Waals surface area contributed by atoms with E-state index in [9.17, 15) is 29.6 Å². The average molecular weight is 871 g/mol. The number of nitrogens with zero attached hydrogens (tertiary/aromatic N) is 2. The van der Waals surface area contributed by atoms with E-state index in [2.05, 4.69) is 16.4 Å². The third kappa shape index (κ3) is 8.01. The van der Waals surface area contributed by atoms with Gasteiger partial charge in [-0.3, -0.25) is 19.4 Å². The topological polar surface area (TPSA) is 272 Å². The Hall–Kier alpha value is -4.96. The van der Waals surface area contributed by atoms with Crippen molar-refractivity contribution in [2.45, 2.75) is 117 Å². The number of allylic oxidation sites excluding steroid dienone is 4. The second-order valence-corrected chi connectivity index (χ2v) is 18.9. The molecular formula is C43H59N4O13P. The number of amidine groups is 2.